The first kappa shape index (κ1) is 59.2. The molecule has 0 aliphatic carbocycles. The number of esters is 2. The second kappa shape index (κ2) is 43.5. The van der Waals surface area contributed by atoms with Crippen molar-refractivity contribution in [2.24, 2.45) is 0 Å². The van der Waals surface area contributed by atoms with Gasteiger partial charge in [0, 0.05) is 12.8 Å². The number of hydrogen-bond donors (Lipinski definition) is 1. The molecule has 0 saturated carbocycles. The fourth-order valence-electron chi connectivity index (χ4n) is 7.03. The van der Waals surface area contributed by atoms with Crippen molar-refractivity contribution < 1.29 is 42.1 Å². The highest BCUT2D eigenvalue weighted by atomic mass is 31.2. The number of unbranched alkanes of at least 4 members (excludes halogenated alkanes) is 26. The molecule has 0 fully saturated rings. The van der Waals surface area contributed by atoms with Gasteiger partial charge < -0.3 is 18.9 Å². The highest BCUT2D eigenvalue weighted by Crippen LogP contribution is 2.43. The molecule has 0 spiro atoms. The van der Waals surface area contributed by atoms with Gasteiger partial charge in [0.25, 0.3) is 0 Å². The van der Waals surface area contributed by atoms with E-state index in [1.54, 1.807) is 0 Å². The zero-order valence-electron chi connectivity index (χ0n) is 40.4. The van der Waals surface area contributed by atoms with Gasteiger partial charge in [-0.3, -0.25) is 18.6 Å². The molecule has 358 valence electrons. The van der Waals surface area contributed by atoms with Crippen molar-refractivity contribution in [1.29, 1.82) is 0 Å². The lowest BCUT2D eigenvalue weighted by molar-refractivity contribution is -0.870. The first-order valence-electron chi connectivity index (χ1n) is 25.2. The topological polar surface area (TPSA) is 108 Å². The van der Waals surface area contributed by atoms with Crippen LogP contribution in [0.1, 0.15) is 226 Å². The van der Waals surface area contributed by atoms with Crippen LogP contribution in [0.5, 0.6) is 0 Å². The van der Waals surface area contributed by atoms with Gasteiger partial charge in [-0.15, -0.1) is 0 Å². The minimum absolute atomic E-state index is 0.0304. The zero-order chi connectivity index (χ0) is 45.0. The van der Waals surface area contributed by atoms with Crippen LogP contribution >= 0.6 is 7.82 Å². The maximum atomic E-state index is 12.7. The fourth-order valence-corrected chi connectivity index (χ4v) is 7.77. The standard InChI is InChI=1S/C51H96NO8P/c1-6-8-10-12-14-16-18-20-22-24-25-26-28-29-31-33-35-37-39-41-43-50(53)57-47-49(48-59-61(55,56)58-46-45-52(3,4)5)60-51(54)44-42-40-38-36-34-32-30-27-23-21-19-17-15-13-11-9-7-2/h9,11,15,17,21,23,49H,6-8,10,12-14,16,18-20,22,24-48H2,1-5H3/p+1/b11-9-,17-15-,23-21-. The molecular formula is C51H97NO8P+. The monoisotopic (exact) mass is 883 g/mol. The second-order valence-electron chi connectivity index (χ2n) is 18.2. The molecule has 0 saturated heterocycles. The molecule has 0 aliphatic rings. The van der Waals surface area contributed by atoms with Crippen LogP contribution in [-0.2, 0) is 32.7 Å². The number of hydrogen-bond acceptors (Lipinski definition) is 7. The number of nitrogens with zero attached hydrogens (tertiary/aromatic N) is 1. The normalized spacial score (nSPS) is 13.7. The summed E-state index contributed by atoms with van der Waals surface area (Å²) in [5.41, 5.74) is 0. The average molecular weight is 883 g/mol. The predicted octanol–water partition coefficient (Wildman–Crippen LogP) is 14.9. The Morgan fingerprint density at radius 1 is 0.525 bits per heavy atom. The van der Waals surface area contributed by atoms with E-state index in [0.29, 0.717) is 23.9 Å². The van der Waals surface area contributed by atoms with Gasteiger partial charge in [-0.05, 0) is 44.9 Å². The van der Waals surface area contributed by atoms with Gasteiger partial charge in [0.15, 0.2) is 6.10 Å². The Balaban J connectivity index is 4.24. The van der Waals surface area contributed by atoms with Crippen LogP contribution in [0.15, 0.2) is 36.5 Å². The first-order chi connectivity index (χ1) is 29.5. The number of carbonyl (C=O) groups is 2. The van der Waals surface area contributed by atoms with Crippen molar-refractivity contribution in [3.63, 3.8) is 0 Å². The smallest absolute Gasteiger partial charge is 0.462 e. The minimum atomic E-state index is -4.38. The summed E-state index contributed by atoms with van der Waals surface area (Å²) in [5, 5.41) is 0. The SMILES string of the molecule is CC/C=C\C/C=C\C/C=C\CCCCCCCCCC(=O)OC(COC(=O)CCCCCCCCCCCCCCCCCCCCCC)COP(=O)(O)OCC[N+](C)(C)C. The van der Waals surface area contributed by atoms with Crippen molar-refractivity contribution in [3.8, 4) is 0 Å². The molecule has 0 aromatic heterocycles. The number of phosphoric acid groups is 1. The van der Waals surface area contributed by atoms with Crippen LogP contribution in [-0.4, -0.2) is 74.9 Å². The fraction of sp³-hybridized carbons (Fsp3) is 0.843. The lowest BCUT2D eigenvalue weighted by atomic mass is 10.0. The Morgan fingerprint density at radius 2 is 0.934 bits per heavy atom. The van der Waals surface area contributed by atoms with Crippen molar-refractivity contribution >= 4 is 19.8 Å². The van der Waals surface area contributed by atoms with E-state index in [1.165, 1.54) is 128 Å². The number of phosphoric ester groups is 1. The summed E-state index contributed by atoms with van der Waals surface area (Å²) in [6, 6.07) is 0. The van der Waals surface area contributed by atoms with Crippen LogP contribution in [0.3, 0.4) is 0 Å². The molecule has 2 unspecified atom stereocenters. The van der Waals surface area contributed by atoms with Crippen molar-refractivity contribution in [2.45, 2.75) is 232 Å². The lowest BCUT2D eigenvalue weighted by Crippen LogP contribution is -2.37. The maximum absolute atomic E-state index is 12.7. The highest BCUT2D eigenvalue weighted by Gasteiger charge is 2.27. The summed E-state index contributed by atoms with van der Waals surface area (Å²) >= 11 is 0. The van der Waals surface area contributed by atoms with E-state index in [-0.39, 0.29) is 25.6 Å². The number of quaternary nitrogens is 1. The summed E-state index contributed by atoms with van der Waals surface area (Å²) in [5.74, 6) is -0.800. The Morgan fingerprint density at radius 3 is 1.39 bits per heavy atom. The van der Waals surface area contributed by atoms with Crippen LogP contribution in [0, 0.1) is 0 Å². The van der Waals surface area contributed by atoms with Gasteiger partial charge in [0.2, 0.25) is 0 Å². The van der Waals surface area contributed by atoms with Crippen molar-refractivity contribution in [2.75, 3.05) is 47.5 Å². The van der Waals surface area contributed by atoms with E-state index in [1.807, 2.05) is 21.1 Å². The van der Waals surface area contributed by atoms with Crippen molar-refractivity contribution in [1.82, 2.24) is 0 Å². The molecule has 0 rings (SSSR count). The van der Waals surface area contributed by atoms with Gasteiger partial charge in [-0.1, -0.05) is 204 Å². The molecule has 0 radical (unpaired) electrons. The zero-order valence-corrected chi connectivity index (χ0v) is 41.3. The third kappa shape index (κ3) is 47.5. The van der Waals surface area contributed by atoms with E-state index in [0.717, 1.165) is 64.2 Å². The molecule has 10 heteroatoms. The Bertz CT molecular complexity index is 1130. The molecule has 2 atom stereocenters. The number of allylic oxidation sites excluding steroid dienone is 6. The number of rotatable bonds is 46. The molecule has 0 aromatic rings. The molecule has 61 heavy (non-hydrogen) atoms. The van der Waals surface area contributed by atoms with Gasteiger partial charge in [-0.2, -0.15) is 0 Å². The Kier molecular flexibility index (Phi) is 42.2. The first-order valence-corrected chi connectivity index (χ1v) is 26.7. The van der Waals surface area contributed by atoms with Crippen LogP contribution in [0.2, 0.25) is 0 Å². The summed E-state index contributed by atoms with van der Waals surface area (Å²) < 4.78 is 34.4. The average Bonchev–Trinajstić information content (AvgIpc) is 3.21. The lowest BCUT2D eigenvalue weighted by Gasteiger charge is -2.24. The summed E-state index contributed by atoms with van der Waals surface area (Å²) in [6.45, 7) is 4.33. The molecule has 0 aromatic carbocycles. The maximum Gasteiger partial charge on any atom is 0.472 e. The van der Waals surface area contributed by atoms with E-state index in [4.69, 9.17) is 18.5 Å². The van der Waals surface area contributed by atoms with Gasteiger partial charge in [0.05, 0.1) is 27.7 Å². The molecule has 0 bridgehead atoms. The predicted molar refractivity (Wildman–Crippen MR) is 257 cm³/mol. The third-order valence-corrected chi connectivity index (χ3v) is 11.9. The van der Waals surface area contributed by atoms with E-state index in [2.05, 4.69) is 50.3 Å². The summed E-state index contributed by atoms with van der Waals surface area (Å²) in [6.07, 6.45) is 50.5. The van der Waals surface area contributed by atoms with Gasteiger partial charge >= 0.3 is 19.8 Å². The van der Waals surface area contributed by atoms with Crippen LogP contribution in [0.25, 0.3) is 0 Å². The highest BCUT2D eigenvalue weighted by molar-refractivity contribution is 7.47. The van der Waals surface area contributed by atoms with Gasteiger partial charge in [0.1, 0.15) is 19.8 Å². The molecule has 0 amide bonds. The quantitative estimate of drug-likeness (QED) is 0.0212. The summed E-state index contributed by atoms with van der Waals surface area (Å²) in [7, 11) is 1.47. The number of likely N-dealkylation sites (N-methyl/N-ethyl adjacent to an activating group) is 1. The largest absolute Gasteiger partial charge is 0.472 e. The molecule has 9 nitrogen and oxygen atoms in total. The molecule has 0 heterocycles. The Labute approximate surface area is 376 Å². The van der Waals surface area contributed by atoms with E-state index >= 15 is 0 Å². The molecule has 1 N–H and O–H groups in total. The van der Waals surface area contributed by atoms with Crippen LogP contribution < -0.4 is 0 Å². The van der Waals surface area contributed by atoms with E-state index in [9.17, 15) is 19.0 Å². The minimum Gasteiger partial charge on any atom is -0.462 e. The summed E-state index contributed by atoms with van der Waals surface area (Å²) in [4.78, 5) is 35.5. The number of carbonyl (C=O) groups excluding carboxylic acids is 2. The Hall–Kier alpha value is -1.77. The number of ether oxygens (including phenoxy) is 2. The second-order valence-corrected chi connectivity index (χ2v) is 19.6. The molecule has 0 aliphatic heterocycles. The molecular weight excluding hydrogens is 786 g/mol. The van der Waals surface area contributed by atoms with E-state index < -0.39 is 26.5 Å². The van der Waals surface area contributed by atoms with Crippen molar-refractivity contribution in [3.05, 3.63) is 36.5 Å². The third-order valence-electron chi connectivity index (χ3n) is 10.9. The van der Waals surface area contributed by atoms with Gasteiger partial charge in [-0.25, -0.2) is 4.57 Å². The van der Waals surface area contributed by atoms with Crippen LogP contribution in [0.4, 0.5) is 0 Å².